The summed E-state index contributed by atoms with van der Waals surface area (Å²) in [5.74, 6) is 0.743. The molecule has 0 radical (unpaired) electrons. The third-order valence-electron chi connectivity index (χ3n) is 2.02. The van der Waals surface area contributed by atoms with Gasteiger partial charge in [0, 0.05) is 11.8 Å². The number of ether oxygens (including phenoxy) is 1. The Morgan fingerprint density at radius 3 is 2.93 bits per heavy atom. The van der Waals surface area contributed by atoms with Gasteiger partial charge in [-0.1, -0.05) is 12.1 Å². The van der Waals surface area contributed by atoms with Crippen LogP contribution in [0.5, 0.6) is 5.75 Å². The lowest BCUT2D eigenvalue weighted by molar-refractivity contribution is 0.322. The van der Waals surface area contributed by atoms with Gasteiger partial charge in [-0.15, -0.1) is 11.3 Å². The predicted molar refractivity (Wildman–Crippen MR) is 62.2 cm³/mol. The molecule has 0 bridgehead atoms. The summed E-state index contributed by atoms with van der Waals surface area (Å²) in [6, 6.07) is 7.51. The molecule has 78 valence electrons. The zero-order chi connectivity index (χ0) is 10.5. The molecule has 0 saturated heterocycles. The molecule has 0 saturated carbocycles. The lowest BCUT2D eigenvalue weighted by atomic mass is 10.3. The van der Waals surface area contributed by atoms with Crippen molar-refractivity contribution in [3.05, 3.63) is 40.8 Å². The predicted octanol–water partition coefficient (Wildman–Crippen LogP) is 2.35. The van der Waals surface area contributed by atoms with Crippen LogP contribution < -0.4 is 10.5 Å². The van der Waals surface area contributed by atoms with Crippen molar-refractivity contribution in [1.82, 2.24) is 4.98 Å². The molecule has 2 aromatic rings. The second-order valence-electron chi connectivity index (χ2n) is 3.12. The first-order valence-electron chi connectivity index (χ1n) is 4.70. The Balaban J connectivity index is 1.86. The van der Waals surface area contributed by atoms with Crippen LogP contribution in [0.25, 0.3) is 0 Å². The maximum Gasteiger partial charge on any atom is 0.142 e. The number of rotatable bonds is 4. The van der Waals surface area contributed by atoms with E-state index in [0.717, 1.165) is 17.9 Å². The minimum absolute atomic E-state index is 0.609. The molecule has 0 atom stereocenters. The van der Waals surface area contributed by atoms with Gasteiger partial charge in [-0.25, -0.2) is 4.98 Å². The number of para-hydroxylation sites is 2. The van der Waals surface area contributed by atoms with E-state index in [1.807, 2.05) is 35.2 Å². The molecule has 1 aromatic carbocycles. The van der Waals surface area contributed by atoms with E-state index < -0.39 is 0 Å². The van der Waals surface area contributed by atoms with Crippen LogP contribution in [0, 0.1) is 0 Å². The van der Waals surface area contributed by atoms with Crippen molar-refractivity contribution in [1.29, 1.82) is 0 Å². The number of thiazole rings is 1. The molecule has 0 fully saturated rings. The Morgan fingerprint density at radius 2 is 2.20 bits per heavy atom. The van der Waals surface area contributed by atoms with Crippen LogP contribution in [0.2, 0.25) is 0 Å². The smallest absolute Gasteiger partial charge is 0.142 e. The number of hydrogen-bond acceptors (Lipinski definition) is 4. The normalized spacial score (nSPS) is 10.1. The fourth-order valence-corrected chi connectivity index (χ4v) is 1.83. The zero-order valence-electron chi connectivity index (χ0n) is 8.22. The topological polar surface area (TPSA) is 48.1 Å². The van der Waals surface area contributed by atoms with Crippen molar-refractivity contribution in [2.45, 2.75) is 6.42 Å². The summed E-state index contributed by atoms with van der Waals surface area (Å²) in [4.78, 5) is 4.18. The van der Waals surface area contributed by atoms with Crippen molar-refractivity contribution in [3.63, 3.8) is 0 Å². The summed E-state index contributed by atoms with van der Waals surface area (Å²) in [7, 11) is 0. The average molecular weight is 220 g/mol. The second-order valence-corrected chi connectivity index (χ2v) is 3.83. The van der Waals surface area contributed by atoms with E-state index in [9.17, 15) is 0 Å². The average Bonchev–Trinajstić information content (AvgIpc) is 2.74. The van der Waals surface area contributed by atoms with Gasteiger partial charge in [0.25, 0.3) is 0 Å². The van der Waals surface area contributed by atoms with Crippen LogP contribution in [-0.2, 0) is 6.42 Å². The van der Waals surface area contributed by atoms with Crippen molar-refractivity contribution in [2.24, 2.45) is 0 Å². The lowest BCUT2D eigenvalue weighted by Gasteiger charge is -2.07. The molecule has 15 heavy (non-hydrogen) atoms. The quantitative estimate of drug-likeness (QED) is 0.804. The molecule has 4 heteroatoms. The number of aromatic nitrogens is 1. The van der Waals surface area contributed by atoms with E-state index in [-0.39, 0.29) is 0 Å². The molecule has 0 aliphatic heterocycles. The Labute approximate surface area is 92.5 Å². The fraction of sp³-hybridized carbons (Fsp3) is 0.182. The van der Waals surface area contributed by atoms with Gasteiger partial charge in [-0.3, -0.25) is 0 Å². The number of benzene rings is 1. The van der Waals surface area contributed by atoms with E-state index in [1.54, 1.807) is 11.3 Å². The zero-order valence-corrected chi connectivity index (χ0v) is 9.04. The number of nitrogens with two attached hydrogens (primary N) is 1. The number of anilines is 1. The lowest BCUT2D eigenvalue weighted by Crippen LogP contribution is -2.03. The Kier molecular flexibility index (Phi) is 3.19. The first-order chi connectivity index (χ1) is 7.36. The van der Waals surface area contributed by atoms with Gasteiger partial charge < -0.3 is 10.5 Å². The van der Waals surface area contributed by atoms with Gasteiger partial charge in [0.15, 0.2) is 0 Å². The third-order valence-corrected chi connectivity index (χ3v) is 2.65. The van der Waals surface area contributed by atoms with E-state index in [1.165, 1.54) is 0 Å². The van der Waals surface area contributed by atoms with E-state index in [4.69, 9.17) is 10.5 Å². The second kappa shape index (κ2) is 4.79. The Hall–Kier alpha value is -1.55. The monoisotopic (exact) mass is 220 g/mol. The van der Waals surface area contributed by atoms with Crippen molar-refractivity contribution >= 4 is 17.0 Å². The van der Waals surface area contributed by atoms with Crippen LogP contribution in [0.1, 0.15) is 5.69 Å². The minimum atomic E-state index is 0.609. The van der Waals surface area contributed by atoms with Crippen LogP contribution in [0.3, 0.4) is 0 Å². The molecule has 2 rings (SSSR count). The first kappa shape index (κ1) is 9.98. The molecular weight excluding hydrogens is 208 g/mol. The van der Waals surface area contributed by atoms with Gasteiger partial charge in [0.05, 0.1) is 23.5 Å². The van der Waals surface area contributed by atoms with Crippen LogP contribution in [0.4, 0.5) is 5.69 Å². The van der Waals surface area contributed by atoms with Gasteiger partial charge in [0.2, 0.25) is 0 Å². The van der Waals surface area contributed by atoms with Crippen LogP contribution in [-0.4, -0.2) is 11.6 Å². The van der Waals surface area contributed by atoms with Crippen LogP contribution >= 0.6 is 11.3 Å². The highest BCUT2D eigenvalue weighted by molar-refractivity contribution is 7.07. The number of nitrogens with zero attached hydrogens (tertiary/aromatic N) is 1. The maximum absolute atomic E-state index is 5.74. The van der Waals surface area contributed by atoms with Gasteiger partial charge >= 0.3 is 0 Å². The van der Waals surface area contributed by atoms with Crippen molar-refractivity contribution in [3.8, 4) is 5.75 Å². The SMILES string of the molecule is Nc1ccccc1OCCc1cscn1. The molecular formula is C11H12N2OS. The largest absolute Gasteiger partial charge is 0.491 e. The molecule has 0 amide bonds. The summed E-state index contributed by atoms with van der Waals surface area (Å²) in [5.41, 5.74) is 9.31. The summed E-state index contributed by atoms with van der Waals surface area (Å²) in [6.45, 7) is 0.609. The summed E-state index contributed by atoms with van der Waals surface area (Å²) < 4.78 is 5.55. The highest BCUT2D eigenvalue weighted by Gasteiger charge is 1.99. The van der Waals surface area contributed by atoms with Gasteiger partial charge in [0.1, 0.15) is 5.75 Å². The summed E-state index contributed by atoms with van der Waals surface area (Å²) >= 11 is 1.60. The first-order valence-corrected chi connectivity index (χ1v) is 5.65. The van der Waals surface area contributed by atoms with E-state index >= 15 is 0 Å². The van der Waals surface area contributed by atoms with Gasteiger partial charge in [-0.05, 0) is 12.1 Å². The maximum atomic E-state index is 5.74. The fourth-order valence-electron chi connectivity index (χ4n) is 1.24. The van der Waals surface area contributed by atoms with Crippen LogP contribution in [0.15, 0.2) is 35.2 Å². The van der Waals surface area contributed by atoms with Gasteiger partial charge in [-0.2, -0.15) is 0 Å². The molecule has 0 spiro atoms. The highest BCUT2D eigenvalue weighted by atomic mass is 32.1. The molecule has 1 aromatic heterocycles. The Morgan fingerprint density at radius 1 is 1.33 bits per heavy atom. The number of nitrogen functional groups attached to an aromatic ring is 1. The van der Waals surface area contributed by atoms with Crippen molar-refractivity contribution < 1.29 is 4.74 Å². The van der Waals surface area contributed by atoms with Crippen molar-refractivity contribution in [2.75, 3.05) is 12.3 Å². The highest BCUT2D eigenvalue weighted by Crippen LogP contribution is 2.19. The number of hydrogen-bond donors (Lipinski definition) is 1. The Bertz CT molecular complexity index is 414. The molecule has 0 aliphatic carbocycles. The van der Waals surface area contributed by atoms with E-state index in [0.29, 0.717) is 12.3 Å². The standard InChI is InChI=1S/C11H12N2OS/c12-10-3-1-2-4-11(10)14-6-5-9-7-15-8-13-9/h1-4,7-8H,5-6,12H2. The third kappa shape index (κ3) is 2.70. The molecule has 0 unspecified atom stereocenters. The summed E-state index contributed by atoms with van der Waals surface area (Å²) in [6.07, 6.45) is 0.817. The van der Waals surface area contributed by atoms with E-state index in [2.05, 4.69) is 4.98 Å². The molecule has 2 N–H and O–H groups in total. The molecule has 3 nitrogen and oxygen atoms in total. The summed E-state index contributed by atoms with van der Waals surface area (Å²) in [5, 5.41) is 2.03. The minimum Gasteiger partial charge on any atom is -0.491 e. The molecule has 0 aliphatic rings. The molecule has 1 heterocycles.